The van der Waals surface area contributed by atoms with Gasteiger partial charge in [0.05, 0.1) is 34.4 Å². The number of anilines is 2. The summed E-state index contributed by atoms with van der Waals surface area (Å²) in [5.74, 6) is -0.258. The Morgan fingerprint density at radius 1 is 1.06 bits per heavy atom. The van der Waals surface area contributed by atoms with Crippen LogP contribution in [0, 0.1) is 18.3 Å². The number of hydrogen-bond donors (Lipinski definition) is 1. The van der Waals surface area contributed by atoms with E-state index in [1.54, 1.807) is 29.1 Å². The van der Waals surface area contributed by atoms with Gasteiger partial charge in [-0.15, -0.1) is 0 Å². The quantitative estimate of drug-likeness (QED) is 0.504. The van der Waals surface area contributed by atoms with Crippen molar-refractivity contribution in [3.8, 4) is 11.8 Å². The minimum atomic E-state index is -0.258. The molecule has 2 saturated heterocycles. The second-order valence-corrected chi connectivity index (χ2v) is 10.1. The molecule has 1 aromatic heterocycles. The number of piperidine rings is 2. The Labute approximate surface area is 217 Å². The van der Waals surface area contributed by atoms with Crippen LogP contribution < -0.4 is 10.2 Å². The molecule has 8 heteroatoms. The summed E-state index contributed by atoms with van der Waals surface area (Å²) in [5.41, 5.74) is 4.16. The van der Waals surface area contributed by atoms with Gasteiger partial charge < -0.3 is 15.1 Å². The van der Waals surface area contributed by atoms with E-state index in [1.807, 2.05) is 31.2 Å². The van der Waals surface area contributed by atoms with E-state index >= 15 is 0 Å². The van der Waals surface area contributed by atoms with Crippen LogP contribution in [0.4, 0.5) is 11.4 Å². The monoisotopic (exact) mass is 502 g/mol. The summed E-state index contributed by atoms with van der Waals surface area (Å²) >= 11 is 5.99. The summed E-state index contributed by atoms with van der Waals surface area (Å²) in [7, 11) is 0. The van der Waals surface area contributed by atoms with Crippen molar-refractivity contribution < 1.29 is 4.79 Å². The topological polar surface area (TPSA) is 77.2 Å². The number of amides is 1. The number of hydrogen-bond acceptors (Lipinski definition) is 5. The number of nitriles is 1. The molecule has 3 heterocycles. The average molecular weight is 503 g/mol. The predicted octanol–water partition coefficient (Wildman–Crippen LogP) is 5.41. The van der Waals surface area contributed by atoms with Crippen LogP contribution in [0.3, 0.4) is 0 Å². The van der Waals surface area contributed by atoms with E-state index in [-0.39, 0.29) is 5.91 Å². The van der Waals surface area contributed by atoms with Gasteiger partial charge in [0.2, 0.25) is 0 Å². The van der Waals surface area contributed by atoms with Gasteiger partial charge in [-0.25, -0.2) is 4.68 Å². The molecule has 186 valence electrons. The molecule has 0 radical (unpaired) electrons. The first-order chi connectivity index (χ1) is 17.5. The highest BCUT2D eigenvalue weighted by Crippen LogP contribution is 2.29. The summed E-state index contributed by atoms with van der Waals surface area (Å²) in [6, 6.07) is 15.9. The molecular weight excluding hydrogens is 472 g/mol. The van der Waals surface area contributed by atoms with E-state index in [0.717, 1.165) is 43.0 Å². The molecule has 5 rings (SSSR count). The highest BCUT2D eigenvalue weighted by atomic mass is 35.5. The first-order valence-electron chi connectivity index (χ1n) is 12.7. The fourth-order valence-electron chi connectivity index (χ4n) is 5.41. The van der Waals surface area contributed by atoms with Crippen molar-refractivity contribution >= 4 is 28.9 Å². The van der Waals surface area contributed by atoms with Crippen molar-refractivity contribution in [1.29, 1.82) is 5.26 Å². The van der Waals surface area contributed by atoms with E-state index in [0.29, 0.717) is 27.9 Å². The number of aromatic nitrogens is 2. The van der Waals surface area contributed by atoms with E-state index in [2.05, 4.69) is 26.3 Å². The van der Waals surface area contributed by atoms with Gasteiger partial charge in [-0.1, -0.05) is 18.0 Å². The zero-order chi connectivity index (χ0) is 25.1. The third-order valence-corrected chi connectivity index (χ3v) is 7.66. The second kappa shape index (κ2) is 10.7. The fourth-order valence-corrected chi connectivity index (χ4v) is 5.53. The normalized spacial score (nSPS) is 17.1. The minimum absolute atomic E-state index is 0.258. The molecule has 2 aliphatic rings. The van der Waals surface area contributed by atoms with Crippen LogP contribution >= 0.6 is 11.6 Å². The second-order valence-electron chi connectivity index (χ2n) is 9.64. The van der Waals surface area contributed by atoms with Crippen LogP contribution in [0.2, 0.25) is 5.02 Å². The highest BCUT2D eigenvalue weighted by Gasteiger charge is 2.26. The highest BCUT2D eigenvalue weighted by molar-refractivity contribution is 6.30. The molecule has 7 nitrogen and oxygen atoms in total. The van der Waals surface area contributed by atoms with E-state index < -0.39 is 0 Å². The Kier molecular flexibility index (Phi) is 7.26. The average Bonchev–Trinajstić information content (AvgIpc) is 3.31. The van der Waals surface area contributed by atoms with Gasteiger partial charge >= 0.3 is 0 Å². The molecule has 1 amide bonds. The zero-order valence-corrected chi connectivity index (χ0v) is 21.3. The van der Waals surface area contributed by atoms with Crippen molar-refractivity contribution in [3.63, 3.8) is 0 Å². The lowest BCUT2D eigenvalue weighted by molar-refractivity contribution is 0.102. The molecule has 0 unspecified atom stereocenters. The molecular formula is C28H31ClN6O. The molecule has 0 spiro atoms. The van der Waals surface area contributed by atoms with Crippen LogP contribution in [-0.4, -0.2) is 52.8 Å². The number of rotatable bonds is 5. The van der Waals surface area contributed by atoms with Crippen LogP contribution in [0.15, 0.2) is 48.7 Å². The van der Waals surface area contributed by atoms with Crippen molar-refractivity contribution in [1.82, 2.24) is 14.7 Å². The number of halogens is 1. The predicted molar refractivity (Wildman–Crippen MR) is 143 cm³/mol. The molecule has 0 bridgehead atoms. The number of likely N-dealkylation sites (tertiary alicyclic amines) is 1. The molecule has 0 saturated carbocycles. The van der Waals surface area contributed by atoms with Crippen LogP contribution in [0.5, 0.6) is 0 Å². The lowest BCUT2D eigenvalue weighted by atomic mass is 9.99. The largest absolute Gasteiger partial charge is 0.370 e. The number of carbonyl (C=O) groups is 1. The van der Waals surface area contributed by atoms with Gasteiger partial charge in [0.15, 0.2) is 0 Å². The minimum Gasteiger partial charge on any atom is -0.370 e. The summed E-state index contributed by atoms with van der Waals surface area (Å²) in [4.78, 5) is 18.0. The summed E-state index contributed by atoms with van der Waals surface area (Å²) in [5, 5.41) is 17.8. The third kappa shape index (κ3) is 5.11. The lowest BCUT2D eigenvalue weighted by Crippen LogP contribution is -2.46. The number of nitrogens with one attached hydrogen (secondary N) is 1. The maximum absolute atomic E-state index is 13.0. The molecule has 2 aliphatic heterocycles. The van der Waals surface area contributed by atoms with Crippen LogP contribution in [-0.2, 0) is 0 Å². The number of nitrogens with zero attached hydrogens (tertiary/aromatic N) is 5. The molecule has 2 fully saturated rings. The van der Waals surface area contributed by atoms with Crippen molar-refractivity contribution in [2.24, 2.45) is 0 Å². The fraction of sp³-hybridized carbons (Fsp3) is 0.393. The van der Waals surface area contributed by atoms with Crippen molar-refractivity contribution in [3.05, 3.63) is 70.5 Å². The van der Waals surface area contributed by atoms with Gasteiger partial charge in [0.1, 0.15) is 6.07 Å². The third-order valence-electron chi connectivity index (χ3n) is 7.41. The molecule has 3 aromatic rings. The molecule has 0 atom stereocenters. The standard InChI is InChI=1S/C28H31ClN6O/c1-20-26(19-31-35(20)25-8-5-22(29)6-9-25)28(36)32-23-7-10-27(21(17-23)18-30)34-15-11-24(12-16-34)33-13-3-2-4-14-33/h5-10,17,19,24H,2-4,11-16H2,1H3,(H,32,36). The zero-order valence-electron chi connectivity index (χ0n) is 20.6. The van der Waals surface area contributed by atoms with Gasteiger partial charge in [0.25, 0.3) is 5.91 Å². The van der Waals surface area contributed by atoms with Crippen LogP contribution in [0.1, 0.15) is 53.7 Å². The summed E-state index contributed by atoms with van der Waals surface area (Å²) < 4.78 is 1.71. The molecule has 36 heavy (non-hydrogen) atoms. The number of carbonyl (C=O) groups excluding carboxylic acids is 1. The Balaban J connectivity index is 1.26. The molecule has 1 N–H and O–H groups in total. The summed E-state index contributed by atoms with van der Waals surface area (Å²) in [6.07, 6.45) is 7.79. The summed E-state index contributed by atoms with van der Waals surface area (Å²) in [6.45, 7) is 6.20. The Hall–Kier alpha value is -3.34. The SMILES string of the molecule is Cc1c(C(=O)Nc2ccc(N3CCC(N4CCCCC4)CC3)c(C#N)c2)cnn1-c1ccc(Cl)cc1. The van der Waals surface area contributed by atoms with Crippen molar-refractivity contribution in [2.75, 3.05) is 36.4 Å². The number of benzene rings is 2. The Morgan fingerprint density at radius 2 is 1.78 bits per heavy atom. The molecule has 0 aliphatic carbocycles. The van der Waals surface area contributed by atoms with Gasteiger partial charge in [-0.05, 0) is 88.2 Å². The first kappa shape index (κ1) is 24.4. The maximum Gasteiger partial charge on any atom is 0.259 e. The Morgan fingerprint density at radius 3 is 2.47 bits per heavy atom. The van der Waals surface area contributed by atoms with E-state index in [1.165, 1.54) is 32.4 Å². The lowest BCUT2D eigenvalue weighted by Gasteiger charge is -2.41. The van der Waals surface area contributed by atoms with Gasteiger partial charge in [-0.3, -0.25) is 4.79 Å². The maximum atomic E-state index is 13.0. The van der Waals surface area contributed by atoms with Crippen molar-refractivity contribution in [2.45, 2.75) is 45.1 Å². The first-order valence-corrected chi connectivity index (χ1v) is 13.1. The molecule has 2 aromatic carbocycles. The Bertz CT molecular complexity index is 1260. The van der Waals surface area contributed by atoms with Crippen LogP contribution in [0.25, 0.3) is 5.69 Å². The van der Waals surface area contributed by atoms with Gasteiger partial charge in [0, 0.05) is 29.8 Å². The smallest absolute Gasteiger partial charge is 0.259 e. The van der Waals surface area contributed by atoms with E-state index in [9.17, 15) is 10.1 Å². The van der Waals surface area contributed by atoms with E-state index in [4.69, 9.17) is 11.6 Å². The van der Waals surface area contributed by atoms with Gasteiger partial charge in [-0.2, -0.15) is 10.4 Å².